The predicted octanol–water partition coefficient (Wildman–Crippen LogP) is 3.71. The van der Waals surface area contributed by atoms with E-state index in [0.29, 0.717) is 16.8 Å². The van der Waals surface area contributed by atoms with Crippen molar-refractivity contribution < 1.29 is 9.21 Å². The molecule has 1 N–H and O–H groups in total. The number of carbonyl (C=O) groups excluding carboxylic acids is 1. The maximum Gasteiger partial charge on any atom is 0.420 e. The summed E-state index contributed by atoms with van der Waals surface area (Å²) in [6.07, 6.45) is 0. The Morgan fingerprint density at radius 1 is 1.28 bits per heavy atom. The minimum atomic E-state index is -0.699. The van der Waals surface area contributed by atoms with Crippen molar-refractivity contribution in [2.24, 2.45) is 0 Å². The summed E-state index contributed by atoms with van der Waals surface area (Å²) in [5, 5.41) is 3.84. The number of amides is 1. The van der Waals surface area contributed by atoms with Crippen LogP contribution in [0.2, 0.25) is 0 Å². The van der Waals surface area contributed by atoms with Gasteiger partial charge in [0.15, 0.2) is 5.58 Å². The first-order valence-electron chi connectivity index (χ1n) is 7.81. The van der Waals surface area contributed by atoms with Gasteiger partial charge in [0.05, 0.1) is 20.7 Å². The fourth-order valence-electron chi connectivity index (χ4n) is 2.83. The van der Waals surface area contributed by atoms with Gasteiger partial charge >= 0.3 is 5.76 Å². The summed E-state index contributed by atoms with van der Waals surface area (Å²) < 4.78 is 7.57. The van der Waals surface area contributed by atoms with Gasteiger partial charge < -0.3 is 9.73 Å². The van der Waals surface area contributed by atoms with Crippen molar-refractivity contribution in [3.8, 4) is 0 Å². The number of carbonyl (C=O) groups is 1. The third kappa shape index (κ3) is 2.72. The van der Waals surface area contributed by atoms with E-state index in [-0.39, 0.29) is 5.91 Å². The molecule has 25 heavy (non-hydrogen) atoms. The zero-order valence-electron chi connectivity index (χ0n) is 13.6. The quantitative estimate of drug-likeness (QED) is 0.609. The average Bonchev–Trinajstić information content (AvgIpc) is 3.11. The van der Waals surface area contributed by atoms with Crippen LogP contribution in [0.3, 0.4) is 0 Å². The van der Waals surface area contributed by atoms with E-state index < -0.39 is 11.8 Å². The Bertz CT molecular complexity index is 1160. The number of nitrogens with zero attached hydrogens (tertiary/aromatic N) is 2. The van der Waals surface area contributed by atoms with Gasteiger partial charge in [-0.25, -0.2) is 9.78 Å². The van der Waals surface area contributed by atoms with E-state index in [0.717, 1.165) is 15.2 Å². The zero-order valence-corrected chi connectivity index (χ0v) is 14.5. The number of hydrogen-bond donors (Lipinski definition) is 1. The van der Waals surface area contributed by atoms with Gasteiger partial charge in [-0.15, -0.1) is 11.3 Å². The molecule has 126 valence electrons. The summed E-state index contributed by atoms with van der Waals surface area (Å²) in [4.78, 5) is 29.2. The van der Waals surface area contributed by atoms with Crippen LogP contribution in [-0.2, 0) is 4.79 Å². The Hall–Kier alpha value is -2.93. The van der Waals surface area contributed by atoms with Crippen LogP contribution >= 0.6 is 11.3 Å². The topological polar surface area (TPSA) is 77.1 Å². The second kappa shape index (κ2) is 5.86. The van der Waals surface area contributed by atoms with Crippen molar-refractivity contribution in [3.63, 3.8) is 0 Å². The summed E-state index contributed by atoms with van der Waals surface area (Å²) >= 11 is 1.57. The number of nitrogens with one attached hydrogen (secondary N) is 1. The number of aromatic nitrogens is 2. The van der Waals surface area contributed by atoms with Gasteiger partial charge in [-0.05, 0) is 44.2 Å². The van der Waals surface area contributed by atoms with Crippen molar-refractivity contribution in [2.75, 3.05) is 5.32 Å². The number of aryl methyl sites for hydroxylation is 1. The van der Waals surface area contributed by atoms with E-state index in [1.165, 1.54) is 4.57 Å². The summed E-state index contributed by atoms with van der Waals surface area (Å²) in [5.74, 6) is -0.827. The number of hydrogen-bond acceptors (Lipinski definition) is 5. The van der Waals surface area contributed by atoms with Crippen LogP contribution in [0.4, 0.5) is 5.69 Å². The predicted molar refractivity (Wildman–Crippen MR) is 98.2 cm³/mol. The molecule has 7 heteroatoms. The molecule has 1 unspecified atom stereocenters. The first-order chi connectivity index (χ1) is 12.0. The molecule has 0 aliphatic rings. The third-order valence-corrected chi connectivity index (χ3v) is 4.98. The highest BCUT2D eigenvalue weighted by atomic mass is 32.1. The Morgan fingerprint density at radius 2 is 2.08 bits per heavy atom. The lowest BCUT2D eigenvalue weighted by Crippen LogP contribution is -2.29. The minimum absolute atomic E-state index is 0.283. The second-order valence-electron chi connectivity index (χ2n) is 5.79. The van der Waals surface area contributed by atoms with Gasteiger partial charge in [0.1, 0.15) is 6.04 Å². The minimum Gasteiger partial charge on any atom is -0.408 e. The van der Waals surface area contributed by atoms with Gasteiger partial charge in [0.25, 0.3) is 0 Å². The van der Waals surface area contributed by atoms with Crippen molar-refractivity contribution in [2.45, 2.75) is 19.9 Å². The Labute approximate surface area is 146 Å². The molecule has 0 fully saturated rings. The van der Waals surface area contributed by atoms with Crippen LogP contribution in [0.5, 0.6) is 0 Å². The fourth-order valence-corrected chi connectivity index (χ4v) is 3.70. The summed E-state index contributed by atoms with van der Waals surface area (Å²) in [6, 6.07) is 11.9. The van der Waals surface area contributed by atoms with Gasteiger partial charge in [-0.2, -0.15) is 0 Å². The molecular formula is C18H15N3O3S. The first-order valence-corrected chi connectivity index (χ1v) is 8.63. The number of fused-ring (bicyclic) bond motifs is 2. The molecule has 0 saturated heterocycles. The SMILES string of the molecule is Cc1nc2ccc(NC(=O)C(C)n3c(=O)oc4ccccc43)cc2s1. The van der Waals surface area contributed by atoms with E-state index >= 15 is 0 Å². The Morgan fingerprint density at radius 3 is 2.92 bits per heavy atom. The monoisotopic (exact) mass is 353 g/mol. The van der Waals surface area contributed by atoms with E-state index in [1.54, 1.807) is 42.5 Å². The van der Waals surface area contributed by atoms with E-state index in [1.807, 2.05) is 25.1 Å². The molecule has 0 radical (unpaired) electrons. The summed E-state index contributed by atoms with van der Waals surface area (Å²) in [5.41, 5.74) is 2.65. The molecule has 4 aromatic rings. The number of rotatable bonds is 3. The van der Waals surface area contributed by atoms with Gasteiger partial charge in [0.2, 0.25) is 5.91 Å². The molecule has 0 aliphatic heterocycles. The normalized spacial score (nSPS) is 12.6. The van der Waals surface area contributed by atoms with Crippen molar-refractivity contribution in [1.82, 2.24) is 9.55 Å². The maximum atomic E-state index is 12.6. The van der Waals surface area contributed by atoms with Crippen LogP contribution in [0.1, 0.15) is 18.0 Å². The smallest absolute Gasteiger partial charge is 0.408 e. The maximum absolute atomic E-state index is 12.6. The van der Waals surface area contributed by atoms with Crippen LogP contribution in [0, 0.1) is 6.92 Å². The summed E-state index contributed by atoms with van der Waals surface area (Å²) in [6.45, 7) is 3.62. The molecule has 2 heterocycles. The third-order valence-electron chi connectivity index (χ3n) is 4.05. The van der Waals surface area contributed by atoms with Gasteiger partial charge in [-0.3, -0.25) is 9.36 Å². The van der Waals surface area contributed by atoms with Crippen molar-refractivity contribution >= 4 is 44.2 Å². The van der Waals surface area contributed by atoms with E-state index in [9.17, 15) is 9.59 Å². The van der Waals surface area contributed by atoms with Crippen LogP contribution in [-0.4, -0.2) is 15.5 Å². The molecule has 4 rings (SSSR count). The molecule has 1 amide bonds. The van der Waals surface area contributed by atoms with E-state index in [4.69, 9.17) is 4.42 Å². The molecule has 1 atom stereocenters. The highest BCUT2D eigenvalue weighted by molar-refractivity contribution is 7.18. The zero-order chi connectivity index (χ0) is 17.6. The highest BCUT2D eigenvalue weighted by Crippen LogP contribution is 2.25. The lowest BCUT2D eigenvalue weighted by atomic mass is 10.2. The Kier molecular flexibility index (Phi) is 3.65. The Balaban J connectivity index is 1.65. The van der Waals surface area contributed by atoms with Crippen molar-refractivity contribution in [1.29, 1.82) is 0 Å². The van der Waals surface area contributed by atoms with Gasteiger partial charge in [0, 0.05) is 5.69 Å². The van der Waals surface area contributed by atoms with Crippen LogP contribution in [0.25, 0.3) is 21.3 Å². The van der Waals surface area contributed by atoms with Crippen LogP contribution < -0.4 is 11.1 Å². The second-order valence-corrected chi connectivity index (χ2v) is 7.02. The molecule has 2 aromatic heterocycles. The van der Waals surface area contributed by atoms with Crippen molar-refractivity contribution in [3.05, 3.63) is 58.0 Å². The van der Waals surface area contributed by atoms with E-state index in [2.05, 4.69) is 10.3 Å². The summed E-state index contributed by atoms with van der Waals surface area (Å²) in [7, 11) is 0. The number of para-hydroxylation sites is 2. The molecular weight excluding hydrogens is 338 g/mol. The number of thiazole rings is 1. The van der Waals surface area contributed by atoms with Crippen LogP contribution in [0.15, 0.2) is 51.7 Å². The number of oxazole rings is 1. The molecule has 0 spiro atoms. The highest BCUT2D eigenvalue weighted by Gasteiger charge is 2.21. The van der Waals surface area contributed by atoms with Gasteiger partial charge in [-0.1, -0.05) is 12.1 Å². The molecule has 2 aromatic carbocycles. The first kappa shape index (κ1) is 15.6. The number of benzene rings is 2. The average molecular weight is 353 g/mol. The molecule has 0 saturated carbocycles. The number of anilines is 1. The lowest BCUT2D eigenvalue weighted by molar-refractivity contribution is -0.118. The lowest BCUT2D eigenvalue weighted by Gasteiger charge is -2.13. The fraction of sp³-hybridized carbons (Fsp3) is 0.167. The standard InChI is InChI=1S/C18H15N3O3S/c1-10(21-14-5-3-4-6-15(14)24-18(21)23)17(22)20-12-7-8-13-16(9-12)25-11(2)19-13/h3-10H,1-2H3,(H,20,22). The molecule has 0 bridgehead atoms. The molecule has 0 aliphatic carbocycles. The largest absolute Gasteiger partial charge is 0.420 e. The molecule has 6 nitrogen and oxygen atoms in total.